The minimum atomic E-state index is -0.443. The number of hydrogen-bond acceptors (Lipinski definition) is 6. The summed E-state index contributed by atoms with van der Waals surface area (Å²) in [4.78, 5) is 21.1. The molecule has 27 heavy (non-hydrogen) atoms. The van der Waals surface area contributed by atoms with E-state index in [1.165, 1.54) is 16.8 Å². The molecule has 3 aliphatic rings. The van der Waals surface area contributed by atoms with Gasteiger partial charge in [0.1, 0.15) is 23.0 Å². The standard InChI is InChI=1S/C18H15FN6O2/c1-9-13-4-10(19)7-20-18(13)27-12-5-11(6-12)23-17(26)14-8-21-25-3-2-15(22-9)24-16(14)25/h2-5,7-9,11H,6H2,1H3,(H,22,24)(H,23,26)/t9-,11+/m1/s1. The minimum absolute atomic E-state index is 0.145. The van der Waals surface area contributed by atoms with Crippen molar-refractivity contribution in [1.82, 2.24) is 24.9 Å². The van der Waals surface area contributed by atoms with Crippen molar-refractivity contribution in [3.63, 3.8) is 0 Å². The normalized spacial score (nSPS) is 21.3. The number of nitrogens with one attached hydrogen (secondary N) is 2. The van der Waals surface area contributed by atoms with Crippen molar-refractivity contribution < 1.29 is 13.9 Å². The number of aromatic nitrogens is 4. The fraction of sp³-hybridized carbons (Fsp3) is 0.222. The molecule has 0 saturated heterocycles. The second kappa shape index (κ2) is 5.76. The summed E-state index contributed by atoms with van der Waals surface area (Å²) >= 11 is 0. The monoisotopic (exact) mass is 366 g/mol. The van der Waals surface area contributed by atoms with Gasteiger partial charge in [0, 0.05) is 18.2 Å². The zero-order chi connectivity index (χ0) is 18.5. The van der Waals surface area contributed by atoms with Gasteiger partial charge in [0.15, 0.2) is 5.65 Å². The van der Waals surface area contributed by atoms with Crippen molar-refractivity contribution in [2.24, 2.45) is 0 Å². The molecular weight excluding hydrogens is 351 g/mol. The Kier molecular flexibility index (Phi) is 3.36. The maximum absolute atomic E-state index is 13.8. The second-order valence-electron chi connectivity index (χ2n) is 6.57. The van der Waals surface area contributed by atoms with Crippen LogP contribution >= 0.6 is 0 Å². The number of pyridine rings is 1. The van der Waals surface area contributed by atoms with E-state index in [1.807, 2.05) is 6.92 Å². The summed E-state index contributed by atoms with van der Waals surface area (Å²) in [6, 6.07) is 2.66. The van der Waals surface area contributed by atoms with Gasteiger partial charge in [0.05, 0.1) is 24.5 Å². The van der Waals surface area contributed by atoms with E-state index in [0.717, 1.165) is 6.20 Å². The van der Waals surface area contributed by atoms with Crippen LogP contribution in [-0.4, -0.2) is 31.5 Å². The van der Waals surface area contributed by atoms with Gasteiger partial charge in [-0.1, -0.05) is 0 Å². The van der Waals surface area contributed by atoms with E-state index in [2.05, 4.69) is 25.7 Å². The number of rotatable bonds is 0. The number of carbonyl (C=O) groups is 1. The van der Waals surface area contributed by atoms with Crippen LogP contribution in [0, 0.1) is 5.82 Å². The number of nitrogens with zero attached hydrogens (tertiary/aromatic N) is 4. The highest BCUT2D eigenvalue weighted by molar-refractivity contribution is 6.00. The predicted octanol–water partition coefficient (Wildman–Crippen LogP) is 2.21. The molecule has 0 spiro atoms. The highest BCUT2D eigenvalue weighted by Gasteiger charge is 2.27. The SMILES string of the molecule is C[C@H]1Nc2ccn3ncc(c3n2)C(=O)N[C@H]2C=C(C2)Oc2ncc(F)cc21. The van der Waals surface area contributed by atoms with E-state index >= 15 is 0 Å². The number of fused-ring (bicyclic) bond motifs is 2. The average molecular weight is 366 g/mol. The van der Waals surface area contributed by atoms with Gasteiger partial charge in [-0.05, 0) is 25.1 Å². The van der Waals surface area contributed by atoms with E-state index in [0.29, 0.717) is 40.7 Å². The Hall–Kier alpha value is -3.49. The molecule has 5 heterocycles. The van der Waals surface area contributed by atoms with Crippen LogP contribution in [-0.2, 0) is 0 Å². The molecule has 9 heteroatoms. The van der Waals surface area contributed by atoms with Crippen LogP contribution in [0.4, 0.5) is 10.2 Å². The van der Waals surface area contributed by atoms with E-state index in [9.17, 15) is 9.18 Å². The third-order valence-corrected chi connectivity index (χ3v) is 4.64. The van der Waals surface area contributed by atoms with Crippen molar-refractivity contribution in [1.29, 1.82) is 0 Å². The van der Waals surface area contributed by atoms with Crippen LogP contribution in [0.1, 0.15) is 35.3 Å². The number of carbonyl (C=O) groups excluding carboxylic acids is 1. The first-order chi connectivity index (χ1) is 13.1. The van der Waals surface area contributed by atoms with Crippen LogP contribution in [0.25, 0.3) is 5.65 Å². The topological polar surface area (TPSA) is 93.4 Å². The molecule has 0 radical (unpaired) electrons. The van der Waals surface area contributed by atoms with Crippen molar-refractivity contribution in [3.05, 3.63) is 59.5 Å². The van der Waals surface area contributed by atoms with E-state index in [1.54, 1.807) is 18.3 Å². The van der Waals surface area contributed by atoms with Gasteiger partial charge in [-0.2, -0.15) is 5.10 Å². The van der Waals surface area contributed by atoms with Crippen LogP contribution in [0.3, 0.4) is 0 Å². The second-order valence-corrected chi connectivity index (χ2v) is 6.57. The molecule has 2 atom stereocenters. The summed E-state index contributed by atoms with van der Waals surface area (Å²) in [6.07, 6.45) is 6.66. The van der Waals surface area contributed by atoms with Crippen molar-refractivity contribution >= 4 is 17.4 Å². The van der Waals surface area contributed by atoms with Gasteiger partial charge in [-0.25, -0.2) is 18.9 Å². The zero-order valence-electron chi connectivity index (χ0n) is 14.3. The van der Waals surface area contributed by atoms with Crippen molar-refractivity contribution in [2.75, 3.05) is 5.32 Å². The molecule has 3 aromatic heterocycles. The van der Waals surface area contributed by atoms with E-state index in [4.69, 9.17) is 4.74 Å². The van der Waals surface area contributed by atoms with Gasteiger partial charge < -0.3 is 15.4 Å². The smallest absolute Gasteiger partial charge is 0.257 e. The number of halogens is 1. The van der Waals surface area contributed by atoms with Crippen molar-refractivity contribution in [2.45, 2.75) is 25.4 Å². The van der Waals surface area contributed by atoms with Gasteiger partial charge >= 0.3 is 0 Å². The molecule has 8 nitrogen and oxygen atoms in total. The first-order valence-electron chi connectivity index (χ1n) is 8.52. The molecule has 2 N–H and O–H groups in total. The third kappa shape index (κ3) is 2.67. The molecule has 3 aromatic rings. The summed E-state index contributed by atoms with van der Waals surface area (Å²) in [7, 11) is 0. The fourth-order valence-corrected chi connectivity index (χ4v) is 3.19. The molecule has 1 aliphatic carbocycles. The lowest BCUT2D eigenvalue weighted by atomic mass is 10.0. The maximum Gasteiger partial charge on any atom is 0.257 e. The Morgan fingerprint density at radius 3 is 3.04 bits per heavy atom. The Labute approximate surface area is 153 Å². The Morgan fingerprint density at radius 1 is 1.33 bits per heavy atom. The van der Waals surface area contributed by atoms with Crippen molar-refractivity contribution in [3.8, 4) is 5.88 Å². The Balaban J connectivity index is 1.63. The largest absolute Gasteiger partial charge is 0.443 e. The highest BCUT2D eigenvalue weighted by atomic mass is 19.1. The maximum atomic E-state index is 13.8. The molecule has 136 valence electrons. The molecule has 4 bridgehead atoms. The lowest BCUT2D eigenvalue weighted by molar-refractivity contribution is 0.0939. The number of ether oxygens (including phenoxy) is 1. The molecule has 1 amide bonds. The minimum Gasteiger partial charge on any atom is -0.443 e. The van der Waals surface area contributed by atoms with E-state index in [-0.39, 0.29) is 18.0 Å². The van der Waals surface area contributed by atoms with Gasteiger partial charge in [0.25, 0.3) is 5.91 Å². The Bertz CT molecular complexity index is 1110. The Morgan fingerprint density at radius 2 is 2.19 bits per heavy atom. The summed E-state index contributed by atoms with van der Waals surface area (Å²) in [5.41, 5.74) is 1.41. The van der Waals surface area contributed by atoms with Gasteiger partial charge in [0.2, 0.25) is 5.88 Å². The fourth-order valence-electron chi connectivity index (χ4n) is 3.19. The van der Waals surface area contributed by atoms with Crippen LogP contribution < -0.4 is 15.4 Å². The summed E-state index contributed by atoms with van der Waals surface area (Å²) in [5.74, 6) is 0.848. The number of amides is 1. The average Bonchev–Trinajstić information content (AvgIpc) is 3.03. The molecule has 6 rings (SSSR count). The van der Waals surface area contributed by atoms with Crippen LogP contribution in [0.15, 0.2) is 42.6 Å². The molecule has 0 saturated carbocycles. The zero-order valence-corrected chi connectivity index (χ0v) is 14.3. The molecule has 2 aliphatic heterocycles. The first-order valence-corrected chi connectivity index (χ1v) is 8.52. The number of anilines is 1. The quantitative estimate of drug-likeness (QED) is 0.634. The lowest BCUT2D eigenvalue weighted by Gasteiger charge is -2.27. The lowest BCUT2D eigenvalue weighted by Crippen LogP contribution is -2.39. The third-order valence-electron chi connectivity index (χ3n) is 4.64. The summed E-state index contributed by atoms with van der Waals surface area (Å²) < 4.78 is 21.1. The molecular formula is C18H15FN6O2. The number of hydrogen-bond donors (Lipinski definition) is 2. The summed E-state index contributed by atoms with van der Waals surface area (Å²) in [5, 5.41) is 10.3. The van der Waals surface area contributed by atoms with Gasteiger partial charge in [-0.3, -0.25) is 4.79 Å². The predicted molar refractivity (Wildman–Crippen MR) is 93.8 cm³/mol. The summed E-state index contributed by atoms with van der Waals surface area (Å²) in [6.45, 7) is 1.86. The first kappa shape index (κ1) is 15.7. The van der Waals surface area contributed by atoms with Crippen LogP contribution in [0.2, 0.25) is 0 Å². The highest BCUT2D eigenvalue weighted by Crippen LogP contribution is 2.31. The molecule has 0 unspecified atom stereocenters. The molecule has 0 fully saturated rings. The van der Waals surface area contributed by atoms with Crippen LogP contribution in [0.5, 0.6) is 5.88 Å². The molecule has 0 aromatic carbocycles. The van der Waals surface area contributed by atoms with Gasteiger partial charge in [-0.15, -0.1) is 0 Å². The van der Waals surface area contributed by atoms with E-state index < -0.39 is 5.82 Å².